The summed E-state index contributed by atoms with van der Waals surface area (Å²) in [5.41, 5.74) is 1.81. The number of aromatic amines is 1. The maximum Gasteiger partial charge on any atom is 0.243 e. The van der Waals surface area contributed by atoms with E-state index in [1.807, 2.05) is 4.90 Å². The van der Waals surface area contributed by atoms with Crippen molar-refractivity contribution in [2.45, 2.75) is 31.7 Å². The van der Waals surface area contributed by atoms with Gasteiger partial charge in [-0.05, 0) is 19.3 Å². The van der Waals surface area contributed by atoms with Crippen molar-refractivity contribution in [1.82, 2.24) is 34.1 Å². The van der Waals surface area contributed by atoms with Gasteiger partial charge in [0.05, 0.1) is 18.6 Å². The van der Waals surface area contributed by atoms with Crippen molar-refractivity contribution in [3.05, 3.63) is 18.6 Å². The molecular formula is C19H25F2N9O2S. The van der Waals surface area contributed by atoms with Gasteiger partial charge in [0, 0.05) is 49.9 Å². The number of halogens is 2. The van der Waals surface area contributed by atoms with E-state index in [0.717, 1.165) is 5.56 Å². The highest BCUT2D eigenvalue weighted by molar-refractivity contribution is 7.88. The minimum absolute atomic E-state index is 0.0279. The van der Waals surface area contributed by atoms with Gasteiger partial charge < -0.3 is 10.2 Å². The normalized spacial score (nSPS) is 20.8. The molecule has 0 aliphatic carbocycles. The number of nitrogens with one attached hydrogen (secondary N) is 2. The topological polar surface area (TPSA) is 124 Å². The van der Waals surface area contributed by atoms with Crippen LogP contribution in [0.25, 0.3) is 16.9 Å². The molecule has 1 unspecified atom stereocenters. The molecule has 1 atom stereocenters. The predicted octanol–water partition coefficient (Wildman–Crippen LogP) is 1.44. The minimum atomic E-state index is -3.20. The van der Waals surface area contributed by atoms with Crippen molar-refractivity contribution in [2.24, 2.45) is 5.92 Å². The van der Waals surface area contributed by atoms with Crippen molar-refractivity contribution in [3.63, 3.8) is 0 Å². The van der Waals surface area contributed by atoms with Crippen LogP contribution in [0, 0.1) is 5.92 Å². The summed E-state index contributed by atoms with van der Waals surface area (Å²) >= 11 is 0. The SMILES string of the molecule is CS(=O)(=O)N1CCC(Nc2nc3cnc(-c4cn[nH]c4)c(N4CCC(C(F)F)C4)n3n2)CC1. The summed E-state index contributed by atoms with van der Waals surface area (Å²) < 4.78 is 53.3. The number of rotatable bonds is 6. The lowest BCUT2D eigenvalue weighted by Crippen LogP contribution is -2.41. The molecule has 0 aromatic carbocycles. The maximum atomic E-state index is 13.3. The van der Waals surface area contributed by atoms with Gasteiger partial charge in [0.2, 0.25) is 22.4 Å². The highest BCUT2D eigenvalue weighted by Gasteiger charge is 2.33. The van der Waals surface area contributed by atoms with E-state index in [2.05, 4.69) is 30.6 Å². The summed E-state index contributed by atoms with van der Waals surface area (Å²) in [4.78, 5) is 11.0. The molecule has 0 bridgehead atoms. The van der Waals surface area contributed by atoms with Crippen molar-refractivity contribution >= 4 is 27.4 Å². The number of nitrogens with zero attached hydrogens (tertiary/aromatic N) is 7. The number of anilines is 2. The van der Waals surface area contributed by atoms with E-state index in [4.69, 9.17) is 0 Å². The van der Waals surface area contributed by atoms with E-state index in [1.165, 1.54) is 10.6 Å². The Bertz CT molecular complexity index is 1220. The zero-order valence-corrected chi connectivity index (χ0v) is 18.8. The third-order valence-electron chi connectivity index (χ3n) is 6.26. The number of aromatic nitrogens is 6. The molecule has 5 rings (SSSR count). The number of fused-ring (bicyclic) bond motifs is 1. The number of hydrogen-bond acceptors (Lipinski definition) is 8. The lowest BCUT2D eigenvalue weighted by Gasteiger charge is -2.30. The first kappa shape index (κ1) is 21.9. The van der Waals surface area contributed by atoms with Gasteiger partial charge in [-0.1, -0.05) is 0 Å². The Morgan fingerprint density at radius 1 is 1.18 bits per heavy atom. The highest BCUT2D eigenvalue weighted by atomic mass is 32.2. The molecule has 33 heavy (non-hydrogen) atoms. The van der Waals surface area contributed by atoms with Crippen LogP contribution in [0.15, 0.2) is 18.6 Å². The van der Waals surface area contributed by atoms with Gasteiger partial charge in [0.15, 0.2) is 11.5 Å². The summed E-state index contributed by atoms with van der Waals surface area (Å²) in [7, 11) is -3.20. The first-order chi connectivity index (χ1) is 15.8. The van der Waals surface area contributed by atoms with E-state index in [1.54, 1.807) is 23.1 Å². The fraction of sp³-hybridized carbons (Fsp3) is 0.579. The molecule has 0 spiro atoms. The third kappa shape index (κ3) is 4.36. The molecule has 5 heterocycles. The fourth-order valence-corrected chi connectivity index (χ4v) is 5.35. The highest BCUT2D eigenvalue weighted by Crippen LogP contribution is 2.34. The number of alkyl halides is 2. The average Bonchev–Trinajstić information content (AvgIpc) is 3.52. The van der Waals surface area contributed by atoms with Crippen LogP contribution in [0.1, 0.15) is 19.3 Å². The Labute approximate surface area is 189 Å². The number of H-pyrrole nitrogens is 1. The largest absolute Gasteiger partial charge is 0.354 e. The van der Waals surface area contributed by atoms with Crippen molar-refractivity contribution in [3.8, 4) is 11.3 Å². The minimum Gasteiger partial charge on any atom is -0.354 e. The van der Waals surface area contributed by atoms with Gasteiger partial charge in [-0.15, -0.1) is 5.10 Å². The first-order valence-corrected chi connectivity index (χ1v) is 12.6. The second kappa shape index (κ2) is 8.48. The lowest BCUT2D eigenvalue weighted by atomic mass is 10.1. The summed E-state index contributed by atoms with van der Waals surface area (Å²) in [6, 6.07) is 0.0279. The van der Waals surface area contributed by atoms with Crippen molar-refractivity contribution in [2.75, 3.05) is 42.7 Å². The second-order valence-electron chi connectivity index (χ2n) is 8.53. The quantitative estimate of drug-likeness (QED) is 0.542. The van der Waals surface area contributed by atoms with Gasteiger partial charge >= 0.3 is 0 Å². The van der Waals surface area contributed by atoms with Gasteiger partial charge in [-0.3, -0.25) is 5.10 Å². The van der Waals surface area contributed by atoms with E-state index >= 15 is 0 Å². The third-order valence-corrected chi connectivity index (χ3v) is 7.57. The van der Waals surface area contributed by atoms with Gasteiger partial charge in [-0.2, -0.15) is 14.6 Å². The average molecular weight is 482 g/mol. The summed E-state index contributed by atoms with van der Waals surface area (Å²) in [6.07, 6.45) is 5.41. The number of piperidine rings is 1. The molecule has 3 aromatic heterocycles. The van der Waals surface area contributed by atoms with Crippen molar-refractivity contribution in [1.29, 1.82) is 0 Å². The molecule has 3 aromatic rings. The molecular weight excluding hydrogens is 456 g/mol. The zero-order valence-electron chi connectivity index (χ0n) is 18.0. The van der Waals surface area contributed by atoms with Gasteiger partial charge in [0.25, 0.3) is 0 Å². The van der Waals surface area contributed by atoms with Crippen LogP contribution in [-0.2, 0) is 10.0 Å². The number of hydrogen-bond donors (Lipinski definition) is 2. The van der Waals surface area contributed by atoms with Crippen LogP contribution in [-0.4, -0.2) is 87.4 Å². The molecule has 2 saturated heterocycles. The molecule has 178 valence electrons. The predicted molar refractivity (Wildman–Crippen MR) is 118 cm³/mol. The van der Waals surface area contributed by atoms with E-state index in [0.29, 0.717) is 62.0 Å². The monoisotopic (exact) mass is 481 g/mol. The zero-order chi connectivity index (χ0) is 23.2. The first-order valence-electron chi connectivity index (χ1n) is 10.8. The van der Waals surface area contributed by atoms with Crippen molar-refractivity contribution < 1.29 is 17.2 Å². The Morgan fingerprint density at radius 3 is 2.61 bits per heavy atom. The van der Waals surface area contributed by atoms with Crippen LogP contribution in [0.2, 0.25) is 0 Å². The molecule has 11 nitrogen and oxygen atoms in total. The van der Waals surface area contributed by atoms with Gasteiger partial charge in [0.1, 0.15) is 5.69 Å². The smallest absolute Gasteiger partial charge is 0.243 e. The van der Waals surface area contributed by atoms with Crippen LogP contribution in [0.5, 0.6) is 0 Å². The van der Waals surface area contributed by atoms with Crippen LogP contribution in [0.3, 0.4) is 0 Å². The Hall–Kier alpha value is -2.87. The molecule has 2 N–H and O–H groups in total. The molecule has 2 aliphatic heterocycles. The Kier molecular flexibility index (Phi) is 5.64. The number of sulfonamides is 1. The Balaban J connectivity index is 1.44. The fourth-order valence-electron chi connectivity index (χ4n) is 4.47. The van der Waals surface area contributed by atoms with E-state index < -0.39 is 22.4 Å². The van der Waals surface area contributed by atoms with Crippen LogP contribution < -0.4 is 10.2 Å². The van der Waals surface area contributed by atoms with E-state index in [-0.39, 0.29) is 12.6 Å². The maximum absolute atomic E-state index is 13.3. The standard InChI is InChI=1S/C19H25F2N9O2S/c1-33(31,32)29-6-3-14(4-7-29)25-19-26-15-10-22-16(13-8-23-24-9-13)18(30(15)27-19)28-5-2-12(11-28)17(20)21/h8-10,12,14,17H,2-7,11H2,1H3,(H,23,24)(H,25,27). The molecule has 0 saturated carbocycles. The molecule has 0 amide bonds. The van der Waals surface area contributed by atoms with Crippen LogP contribution >= 0.6 is 0 Å². The summed E-state index contributed by atoms with van der Waals surface area (Å²) in [6.45, 7) is 1.54. The van der Waals surface area contributed by atoms with Crippen LogP contribution in [0.4, 0.5) is 20.5 Å². The molecule has 14 heteroatoms. The van der Waals surface area contributed by atoms with Gasteiger partial charge in [-0.25, -0.2) is 26.5 Å². The second-order valence-corrected chi connectivity index (χ2v) is 10.5. The molecule has 2 aliphatic rings. The molecule has 0 radical (unpaired) electrons. The summed E-state index contributed by atoms with van der Waals surface area (Å²) in [5, 5.41) is 14.7. The Morgan fingerprint density at radius 2 is 1.97 bits per heavy atom. The lowest BCUT2D eigenvalue weighted by molar-refractivity contribution is 0.0880. The summed E-state index contributed by atoms with van der Waals surface area (Å²) in [5.74, 6) is 0.285. The molecule has 2 fully saturated rings. The van der Waals surface area contributed by atoms with E-state index in [9.17, 15) is 17.2 Å².